The molecule has 0 amide bonds. The van der Waals surface area contributed by atoms with E-state index in [4.69, 9.17) is 11.6 Å². The van der Waals surface area contributed by atoms with E-state index in [1.165, 1.54) is 18.4 Å². The lowest BCUT2D eigenvalue weighted by Gasteiger charge is -2.24. The highest BCUT2D eigenvalue weighted by atomic mass is 35.5. The van der Waals surface area contributed by atoms with Gasteiger partial charge in [0, 0.05) is 24.6 Å². The maximum atomic E-state index is 11.6. The molecule has 0 atom stereocenters. The number of nitro groups is 1. The zero-order chi connectivity index (χ0) is 15.7. The molecule has 0 aliphatic rings. The highest BCUT2D eigenvalue weighted by Gasteiger charge is 2.30. The number of rotatable bonds is 5. The van der Waals surface area contributed by atoms with E-state index < -0.39 is 19.5 Å². The zero-order valence-electron chi connectivity index (χ0n) is 11.7. The van der Waals surface area contributed by atoms with E-state index in [2.05, 4.69) is 5.32 Å². The summed E-state index contributed by atoms with van der Waals surface area (Å²) in [7, 11) is -3.22. The Bertz CT molecular complexity index is 641. The Morgan fingerprint density at radius 3 is 2.40 bits per heavy atom. The standard InChI is InChI=1S/C12H17ClN2O4S/c1-8-5-11(15(16)17)9(13)6-10(8)14-7-12(2,3)20(4,18)19/h5-6,14H,7H2,1-4H3. The minimum atomic E-state index is -3.22. The number of hydrogen-bond acceptors (Lipinski definition) is 5. The van der Waals surface area contributed by atoms with Crippen molar-refractivity contribution in [2.75, 3.05) is 18.1 Å². The molecule has 112 valence electrons. The summed E-state index contributed by atoms with van der Waals surface area (Å²) in [6.45, 7) is 5.09. The Hall–Kier alpha value is -1.34. The lowest BCUT2D eigenvalue weighted by molar-refractivity contribution is -0.384. The van der Waals surface area contributed by atoms with E-state index in [9.17, 15) is 18.5 Å². The van der Waals surface area contributed by atoms with Crippen LogP contribution in [0.25, 0.3) is 0 Å². The van der Waals surface area contributed by atoms with Crippen LogP contribution in [-0.2, 0) is 9.84 Å². The van der Waals surface area contributed by atoms with Gasteiger partial charge in [-0.1, -0.05) is 11.6 Å². The van der Waals surface area contributed by atoms with Gasteiger partial charge < -0.3 is 5.32 Å². The molecule has 20 heavy (non-hydrogen) atoms. The van der Waals surface area contributed by atoms with Gasteiger partial charge in [0.2, 0.25) is 0 Å². The first-order chi connectivity index (χ1) is 8.95. The molecule has 0 heterocycles. The van der Waals surface area contributed by atoms with E-state index in [1.54, 1.807) is 20.8 Å². The predicted molar refractivity (Wildman–Crippen MR) is 80.3 cm³/mol. The molecule has 0 fully saturated rings. The van der Waals surface area contributed by atoms with Crippen LogP contribution < -0.4 is 5.32 Å². The fourth-order valence-corrected chi connectivity index (χ4v) is 2.00. The quantitative estimate of drug-likeness (QED) is 0.665. The smallest absolute Gasteiger partial charge is 0.288 e. The number of sulfone groups is 1. The van der Waals surface area contributed by atoms with Gasteiger partial charge in [0.1, 0.15) is 5.02 Å². The number of nitrogens with zero attached hydrogens (tertiary/aromatic N) is 1. The van der Waals surface area contributed by atoms with Crippen LogP contribution in [0, 0.1) is 17.0 Å². The lowest BCUT2D eigenvalue weighted by Crippen LogP contribution is -2.38. The first-order valence-corrected chi connectivity index (χ1v) is 8.10. The second-order valence-electron chi connectivity index (χ2n) is 5.26. The van der Waals surface area contributed by atoms with Gasteiger partial charge in [0.05, 0.1) is 9.67 Å². The first-order valence-electron chi connectivity index (χ1n) is 5.84. The highest BCUT2D eigenvalue weighted by molar-refractivity contribution is 7.92. The molecule has 0 aliphatic carbocycles. The summed E-state index contributed by atoms with van der Waals surface area (Å²) in [5.74, 6) is 0. The maximum Gasteiger partial charge on any atom is 0.288 e. The Kier molecular flexibility index (Phi) is 4.66. The van der Waals surface area contributed by atoms with Crippen LogP contribution in [0.15, 0.2) is 12.1 Å². The van der Waals surface area contributed by atoms with E-state index in [-0.39, 0.29) is 17.3 Å². The third kappa shape index (κ3) is 3.61. The van der Waals surface area contributed by atoms with Gasteiger partial charge >= 0.3 is 0 Å². The van der Waals surface area contributed by atoms with Crippen LogP contribution in [0.1, 0.15) is 19.4 Å². The summed E-state index contributed by atoms with van der Waals surface area (Å²) < 4.78 is 22.3. The number of benzene rings is 1. The van der Waals surface area contributed by atoms with Crippen molar-refractivity contribution >= 4 is 32.8 Å². The van der Waals surface area contributed by atoms with Crippen molar-refractivity contribution in [3.63, 3.8) is 0 Å². The van der Waals surface area contributed by atoms with Crippen LogP contribution in [0.4, 0.5) is 11.4 Å². The van der Waals surface area contributed by atoms with Crippen molar-refractivity contribution in [1.29, 1.82) is 0 Å². The van der Waals surface area contributed by atoms with Gasteiger partial charge in [-0.15, -0.1) is 0 Å². The Balaban J connectivity index is 3.01. The van der Waals surface area contributed by atoms with Gasteiger partial charge in [-0.25, -0.2) is 8.42 Å². The summed E-state index contributed by atoms with van der Waals surface area (Å²) in [6.07, 6.45) is 1.17. The average Bonchev–Trinajstić information content (AvgIpc) is 2.28. The third-order valence-corrected chi connectivity index (χ3v) is 5.65. The molecule has 0 bridgehead atoms. The van der Waals surface area contributed by atoms with Gasteiger partial charge in [0.15, 0.2) is 9.84 Å². The molecule has 1 N–H and O–H groups in total. The number of nitro benzene ring substituents is 1. The van der Waals surface area contributed by atoms with Crippen molar-refractivity contribution in [3.8, 4) is 0 Å². The van der Waals surface area contributed by atoms with Gasteiger partial charge in [-0.05, 0) is 32.4 Å². The SMILES string of the molecule is Cc1cc([N+](=O)[O-])c(Cl)cc1NCC(C)(C)S(C)(=O)=O. The molecule has 0 saturated carbocycles. The van der Waals surface area contributed by atoms with Crippen molar-refractivity contribution < 1.29 is 13.3 Å². The van der Waals surface area contributed by atoms with Crippen LogP contribution in [0.2, 0.25) is 5.02 Å². The van der Waals surface area contributed by atoms with E-state index in [1.807, 2.05) is 0 Å². The van der Waals surface area contributed by atoms with Crippen LogP contribution in [0.5, 0.6) is 0 Å². The highest BCUT2D eigenvalue weighted by Crippen LogP contribution is 2.31. The minimum absolute atomic E-state index is 0.0141. The average molecular weight is 321 g/mol. The molecule has 1 rings (SSSR count). The lowest BCUT2D eigenvalue weighted by atomic mass is 10.1. The van der Waals surface area contributed by atoms with E-state index >= 15 is 0 Å². The molecule has 6 nitrogen and oxygen atoms in total. The first kappa shape index (κ1) is 16.7. The van der Waals surface area contributed by atoms with Crippen LogP contribution in [0.3, 0.4) is 0 Å². The third-order valence-electron chi connectivity index (χ3n) is 3.20. The molecule has 0 spiro atoms. The topological polar surface area (TPSA) is 89.3 Å². The van der Waals surface area contributed by atoms with E-state index in [0.29, 0.717) is 11.3 Å². The maximum absolute atomic E-state index is 11.6. The number of halogens is 1. The summed E-state index contributed by atoms with van der Waals surface area (Å²) in [5.41, 5.74) is 1.04. The Morgan fingerprint density at radius 2 is 1.95 bits per heavy atom. The fraction of sp³-hybridized carbons (Fsp3) is 0.500. The zero-order valence-corrected chi connectivity index (χ0v) is 13.3. The molecule has 0 radical (unpaired) electrons. The molecule has 0 aromatic heterocycles. The molecule has 1 aromatic carbocycles. The minimum Gasteiger partial charge on any atom is -0.383 e. The molecular weight excluding hydrogens is 304 g/mol. The summed E-state index contributed by atoms with van der Waals surface area (Å²) in [6, 6.07) is 2.80. The Labute approximate surface area is 123 Å². The number of nitrogens with one attached hydrogen (secondary N) is 1. The molecule has 8 heteroatoms. The Morgan fingerprint density at radius 1 is 1.40 bits per heavy atom. The van der Waals surface area contributed by atoms with Crippen LogP contribution >= 0.6 is 11.6 Å². The predicted octanol–water partition coefficient (Wildman–Crippen LogP) is 2.79. The van der Waals surface area contributed by atoms with Crippen molar-refractivity contribution in [2.45, 2.75) is 25.5 Å². The second kappa shape index (κ2) is 5.57. The molecule has 1 aromatic rings. The number of hydrogen-bond donors (Lipinski definition) is 1. The van der Waals surface area contributed by atoms with Crippen LogP contribution in [-0.4, -0.2) is 30.9 Å². The summed E-state index contributed by atoms with van der Waals surface area (Å²) in [4.78, 5) is 10.2. The summed E-state index contributed by atoms with van der Waals surface area (Å²) in [5, 5.41) is 13.7. The largest absolute Gasteiger partial charge is 0.383 e. The monoisotopic (exact) mass is 320 g/mol. The van der Waals surface area contributed by atoms with Gasteiger partial charge in [0.25, 0.3) is 5.69 Å². The molecular formula is C12H17ClN2O4S. The van der Waals surface area contributed by atoms with Crippen molar-refractivity contribution in [2.24, 2.45) is 0 Å². The van der Waals surface area contributed by atoms with Gasteiger partial charge in [-0.3, -0.25) is 10.1 Å². The molecule has 0 aliphatic heterocycles. The van der Waals surface area contributed by atoms with Gasteiger partial charge in [-0.2, -0.15) is 0 Å². The molecule has 0 unspecified atom stereocenters. The van der Waals surface area contributed by atoms with Crippen molar-refractivity contribution in [3.05, 3.63) is 32.8 Å². The fourth-order valence-electron chi connectivity index (χ4n) is 1.44. The number of aryl methyl sites for hydroxylation is 1. The second-order valence-corrected chi connectivity index (χ2v) is 8.32. The molecule has 0 saturated heterocycles. The van der Waals surface area contributed by atoms with E-state index in [0.717, 1.165) is 0 Å². The number of anilines is 1. The van der Waals surface area contributed by atoms with Crippen molar-refractivity contribution in [1.82, 2.24) is 0 Å². The summed E-state index contributed by atoms with van der Waals surface area (Å²) >= 11 is 5.84. The normalized spacial score (nSPS) is 12.2.